The number of nitrogens with two attached hydrogens (primary N) is 1. The van der Waals surface area contributed by atoms with Gasteiger partial charge in [0.1, 0.15) is 0 Å². The summed E-state index contributed by atoms with van der Waals surface area (Å²) in [7, 11) is 0. The molecule has 4 heteroatoms. The summed E-state index contributed by atoms with van der Waals surface area (Å²) in [6, 6.07) is 6.11. The van der Waals surface area contributed by atoms with Crippen molar-refractivity contribution in [3.63, 3.8) is 0 Å². The van der Waals surface area contributed by atoms with Crippen molar-refractivity contribution in [3.8, 4) is 0 Å². The predicted octanol–water partition coefficient (Wildman–Crippen LogP) is 2.06. The van der Waals surface area contributed by atoms with Gasteiger partial charge in [0.2, 0.25) is 0 Å². The molecule has 0 aliphatic heterocycles. The van der Waals surface area contributed by atoms with Crippen molar-refractivity contribution < 1.29 is 4.84 Å². The maximum Gasteiger partial charge on any atom is 0.0851 e. The maximum absolute atomic E-state index is 4.90. The average molecular weight is 245 g/mol. The first-order chi connectivity index (χ1) is 6.24. The summed E-state index contributed by atoms with van der Waals surface area (Å²) in [6.45, 7) is 3.27. The molecule has 1 aromatic rings. The molecule has 0 aromatic heterocycles. The standard InChI is InChI=1S/C9H13BrN2O/c1-7-2-3-8(6-9(7)10)12-4-5-13-11/h2-3,6,12H,4-5,11H2,1H3. The first-order valence-corrected chi connectivity index (χ1v) is 4.85. The molecule has 0 spiro atoms. The number of aryl methyl sites for hydroxylation is 1. The summed E-state index contributed by atoms with van der Waals surface area (Å²) < 4.78 is 1.10. The second-order valence-corrected chi connectivity index (χ2v) is 3.62. The molecule has 13 heavy (non-hydrogen) atoms. The van der Waals surface area contributed by atoms with Gasteiger partial charge >= 0.3 is 0 Å². The quantitative estimate of drug-likeness (QED) is 0.630. The molecule has 0 fully saturated rings. The van der Waals surface area contributed by atoms with E-state index >= 15 is 0 Å². The number of halogens is 1. The Kier molecular flexibility index (Phi) is 4.21. The highest BCUT2D eigenvalue weighted by molar-refractivity contribution is 9.10. The lowest BCUT2D eigenvalue weighted by atomic mass is 10.2. The Balaban J connectivity index is 2.53. The van der Waals surface area contributed by atoms with Crippen molar-refractivity contribution in [1.82, 2.24) is 0 Å². The van der Waals surface area contributed by atoms with Crippen LogP contribution >= 0.6 is 15.9 Å². The Morgan fingerprint density at radius 1 is 1.54 bits per heavy atom. The Morgan fingerprint density at radius 3 is 2.92 bits per heavy atom. The topological polar surface area (TPSA) is 47.3 Å². The molecular formula is C9H13BrN2O. The van der Waals surface area contributed by atoms with Gasteiger partial charge in [-0.15, -0.1) is 0 Å². The molecule has 0 atom stereocenters. The second kappa shape index (κ2) is 5.21. The van der Waals surface area contributed by atoms with Crippen LogP contribution < -0.4 is 11.2 Å². The average Bonchev–Trinajstić information content (AvgIpc) is 2.12. The number of benzene rings is 1. The van der Waals surface area contributed by atoms with Crippen LogP contribution in [0.15, 0.2) is 22.7 Å². The van der Waals surface area contributed by atoms with Gasteiger partial charge in [0, 0.05) is 16.7 Å². The van der Waals surface area contributed by atoms with Gasteiger partial charge in [-0.2, -0.15) is 0 Å². The monoisotopic (exact) mass is 244 g/mol. The molecule has 3 N–H and O–H groups in total. The number of hydrogen-bond acceptors (Lipinski definition) is 3. The largest absolute Gasteiger partial charge is 0.383 e. The highest BCUT2D eigenvalue weighted by atomic mass is 79.9. The third-order valence-corrected chi connectivity index (χ3v) is 2.58. The fraction of sp³-hybridized carbons (Fsp3) is 0.333. The van der Waals surface area contributed by atoms with Gasteiger partial charge in [0.25, 0.3) is 0 Å². The lowest BCUT2D eigenvalue weighted by Gasteiger charge is -2.06. The SMILES string of the molecule is Cc1ccc(NCCON)cc1Br. The molecule has 72 valence electrons. The minimum atomic E-state index is 0.505. The Labute approximate surface area is 86.4 Å². The van der Waals surface area contributed by atoms with E-state index in [1.165, 1.54) is 5.56 Å². The van der Waals surface area contributed by atoms with Crippen LogP contribution in [-0.2, 0) is 4.84 Å². The van der Waals surface area contributed by atoms with Gasteiger partial charge in [-0.3, -0.25) is 0 Å². The van der Waals surface area contributed by atoms with Gasteiger partial charge in [0.15, 0.2) is 0 Å². The van der Waals surface area contributed by atoms with Crippen LogP contribution in [0, 0.1) is 6.92 Å². The predicted molar refractivity (Wildman–Crippen MR) is 57.5 cm³/mol. The van der Waals surface area contributed by atoms with Crippen molar-refractivity contribution in [2.24, 2.45) is 5.90 Å². The zero-order valence-electron chi connectivity index (χ0n) is 7.51. The number of nitrogens with one attached hydrogen (secondary N) is 1. The van der Waals surface area contributed by atoms with Crippen LogP contribution in [0.5, 0.6) is 0 Å². The van der Waals surface area contributed by atoms with Crippen LogP contribution in [-0.4, -0.2) is 13.2 Å². The van der Waals surface area contributed by atoms with Crippen molar-refractivity contribution in [1.29, 1.82) is 0 Å². The molecule has 1 aromatic carbocycles. The van der Waals surface area contributed by atoms with E-state index in [2.05, 4.69) is 39.1 Å². The summed E-state index contributed by atoms with van der Waals surface area (Å²) in [4.78, 5) is 4.44. The van der Waals surface area contributed by atoms with E-state index in [0.29, 0.717) is 13.2 Å². The molecule has 0 radical (unpaired) electrons. The van der Waals surface area contributed by atoms with Crippen molar-refractivity contribution in [2.45, 2.75) is 6.92 Å². The summed E-state index contributed by atoms with van der Waals surface area (Å²) in [5.74, 6) is 4.90. The van der Waals surface area contributed by atoms with E-state index < -0.39 is 0 Å². The summed E-state index contributed by atoms with van der Waals surface area (Å²) in [5, 5.41) is 3.18. The molecule has 0 saturated heterocycles. The summed E-state index contributed by atoms with van der Waals surface area (Å²) in [6.07, 6.45) is 0. The molecule has 0 amide bonds. The van der Waals surface area contributed by atoms with Crippen molar-refractivity contribution in [2.75, 3.05) is 18.5 Å². The molecular weight excluding hydrogens is 232 g/mol. The van der Waals surface area contributed by atoms with E-state index in [9.17, 15) is 0 Å². The van der Waals surface area contributed by atoms with Crippen LogP contribution in [0.25, 0.3) is 0 Å². The van der Waals surface area contributed by atoms with Gasteiger partial charge < -0.3 is 10.2 Å². The number of rotatable bonds is 4. The minimum absolute atomic E-state index is 0.505. The molecule has 3 nitrogen and oxygen atoms in total. The first kappa shape index (κ1) is 10.5. The number of hydrogen-bond donors (Lipinski definition) is 2. The van der Waals surface area contributed by atoms with Crippen LogP contribution in [0.1, 0.15) is 5.56 Å². The number of anilines is 1. The zero-order valence-corrected chi connectivity index (χ0v) is 9.10. The third kappa shape index (κ3) is 3.34. The van der Waals surface area contributed by atoms with Crippen LogP contribution in [0.4, 0.5) is 5.69 Å². The van der Waals surface area contributed by atoms with E-state index in [-0.39, 0.29) is 0 Å². The summed E-state index contributed by atoms with van der Waals surface area (Å²) >= 11 is 3.46. The van der Waals surface area contributed by atoms with E-state index in [1.807, 2.05) is 12.1 Å². The fourth-order valence-electron chi connectivity index (χ4n) is 0.957. The lowest BCUT2D eigenvalue weighted by molar-refractivity contribution is 0.148. The Morgan fingerprint density at radius 2 is 2.31 bits per heavy atom. The van der Waals surface area contributed by atoms with Crippen LogP contribution in [0.3, 0.4) is 0 Å². The van der Waals surface area contributed by atoms with Gasteiger partial charge in [-0.05, 0) is 24.6 Å². The molecule has 0 aliphatic carbocycles. The zero-order chi connectivity index (χ0) is 9.68. The maximum atomic E-state index is 4.90. The van der Waals surface area contributed by atoms with Gasteiger partial charge in [-0.1, -0.05) is 22.0 Å². The smallest absolute Gasteiger partial charge is 0.0851 e. The van der Waals surface area contributed by atoms with Gasteiger partial charge in [0.05, 0.1) is 6.61 Å². The highest BCUT2D eigenvalue weighted by Crippen LogP contribution is 2.20. The molecule has 0 heterocycles. The van der Waals surface area contributed by atoms with E-state index in [4.69, 9.17) is 5.90 Å². The molecule has 0 bridgehead atoms. The van der Waals surface area contributed by atoms with E-state index in [0.717, 1.165) is 10.2 Å². The molecule has 1 rings (SSSR count). The van der Waals surface area contributed by atoms with Crippen molar-refractivity contribution >= 4 is 21.6 Å². The summed E-state index contributed by atoms with van der Waals surface area (Å²) in [5.41, 5.74) is 2.29. The molecule has 0 saturated carbocycles. The third-order valence-electron chi connectivity index (χ3n) is 1.72. The molecule has 0 aliphatic rings. The fourth-order valence-corrected chi connectivity index (χ4v) is 1.34. The normalized spacial score (nSPS) is 10.1. The minimum Gasteiger partial charge on any atom is -0.383 e. The Bertz CT molecular complexity index is 278. The second-order valence-electron chi connectivity index (χ2n) is 2.76. The van der Waals surface area contributed by atoms with Crippen molar-refractivity contribution in [3.05, 3.63) is 28.2 Å². The first-order valence-electron chi connectivity index (χ1n) is 4.05. The molecule has 0 unspecified atom stereocenters. The van der Waals surface area contributed by atoms with E-state index in [1.54, 1.807) is 0 Å². The Hall–Kier alpha value is -0.580. The van der Waals surface area contributed by atoms with Crippen LogP contribution in [0.2, 0.25) is 0 Å². The highest BCUT2D eigenvalue weighted by Gasteiger charge is 1.95. The van der Waals surface area contributed by atoms with Gasteiger partial charge in [-0.25, -0.2) is 5.90 Å². The lowest BCUT2D eigenvalue weighted by Crippen LogP contribution is -2.12.